The summed E-state index contributed by atoms with van der Waals surface area (Å²) in [5.74, 6) is 0. The first-order valence-electron chi connectivity index (χ1n) is 6.75. The van der Waals surface area contributed by atoms with Crippen LogP contribution in [0.2, 0.25) is 0 Å². The number of hydrogen-bond donors (Lipinski definition) is 0. The van der Waals surface area contributed by atoms with Crippen molar-refractivity contribution in [3.8, 4) is 0 Å². The van der Waals surface area contributed by atoms with E-state index in [2.05, 4.69) is 97.3 Å². The molecule has 0 saturated carbocycles. The van der Waals surface area contributed by atoms with Gasteiger partial charge in [0.1, 0.15) is 0 Å². The van der Waals surface area contributed by atoms with Crippen LogP contribution in [0.15, 0.2) is 36.4 Å². The summed E-state index contributed by atoms with van der Waals surface area (Å²) in [6, 6.07) is 13.1. The van der Waals surface area contributed by atoms with Crippen molar-refractivity contribution in [1.29, 1.82) is 0 Å². The Morgan fingerprint density at radius 1 is 0.500 bits per heavy atom. The minimum atomic E-state index is -0.123. The third kappa shape index (κ3) is 12.8. The number of hydrogen-bond acceptors (Lipinski definition) is 0. The number of aryl methyl sites for hydroxylation is 6. The molecule has 0 aliphatic heterocycles. The fourth-order valence-corrected chi connectivity index (χ4v) is 2.40. The molecule has 0 N–H and O–H groups in total. The molecular weight excluding hydrogens is 489 g/mol. The van der Waals surface area contributed by atoms with Crippen molar-refractivity contribution in [1.82, 2.24) is 0 Å². The predicted molar refractivity (Wildman–Crippen MR) is 84.1 cm³/mol. The van der Waals surface area contributed by atoms with E-state index in [9.17, 15) is 0 Å². The van der Waals surface area contributed by atoms with Gasteiger partial charge < -0.3 is 0 Å². The molecule has 2 aromatic rings. The number of rotatable bonds is 0. The second-order valence-corrected chi connectivity index (χ2v) is 8.47. The molecule has 0 aliphatic rings. The predicted octanol–water partition coefficient (Wildman–Crippen LogP) is 4.68. The van der Waals surface area contributed by atoms with Crippen LogP contribution < -0.4 is 0 Å². The zero-order valence-electron chi connectivity index (χ0n) is 14.0. The zero-order chi connectivity index (χ0) is 16.4. The van der Waals surface area contributed by atoms with E-state index in [1.165, 1.54) is 33.4 Å². The summed E-state index contributed by atoms with van der Waals surface area (Å²) in [6.07, 6.45) is 0. The maximum atomic E-state index is 4.30. The second kappa shape index (κ2) is 13.7. The van der Waals surface area contributed by atoms with E-state index in [0.29, 0.717) is 0 Å². The third-order valence-corrected chi connectivity index (χ3v) is 2.73. The van der Waals surface area contributed by atoms with Gasteiger partial charge in [-0.15, -0.1) is 0 Å². The topological polar surface area (TPSA) is 0 Å². The van der Waals surface area contributed by atoms with Crippen LogP contribution in [-0.4, -0.2) is 0 Å². The van der Waals surface area contributed by atoms with Crippen LogP contribution in [0, 0.1) is 60.9 Å². The molecule has 0 aromatic heterocycles. The molecule has 0 atom stereocenters. The Morgan fingerprint density at radius 3 is 0.682 bits per heavy atom. The van der Waals surface area contributed by atoms with Gasteiger partial charge in [0.25, 0.3) is 0 Å². The van der Waals surface area contributed by atoms with E-state index < -0.39 is 0 Å². The summed E-state index contributed by atoms with van der Waals surface area (Å²) >= 11 is -0.123. The van der Waals surface area contributed by atoms with Crippen molar-refractivity contribution in [2.24, 2.45) is 0 Å². The molecule has 0 fully saturated rings. The maximum absolute atomic E-state index is 4.30. The van der Waals surface area contributed by atoms with Gasteiger partial charge >= 0.3 is 54.0 Å². The van der Waals surface area contributed by atoms with Crippen LogP contribution in [0.4, 0.5) is 0 Å². The van der Waals surface area contributed by atoms with Crippen molar-refractivity contribution in [2.75, 3.05) is 0 Å². The van der Waals surface area contributed by atoms with Crippen molar-refractivity contribution in [3.63, 3.8) is 0 Å². The summed E-state index contributed by atoms with van der Waals surface area (Å²) < 4.78 is 0. The molecule has 2 aromatic carbocycles. The number of halogens is 2. The van der Waals surface area contributed by atoms with E-state index in [-0.39, 0.29) is 34.6 Å². The van der Waals surface area contributed by atoms with Crippen LogP contribution in [0.25, 0.3) is 0 Å². The molecule has 0 heterocycles. The number of benzene rings is 2. The minimum Gasteiger partial charge on any atom is 1.00 e. The summed E-state index contributed by atoms with van der Waals surface area (Å²) in [5.41, 5.74) is 8.13. The van der Waals surface area contributed by atoms with Crippen LogP contribution in [-0.2, 0) is 34.6 Å². The van der Waals surface area contributed by atoms with E-state index >= 15 is 0 Å². The van der Waals surface area contributed by atoms with Crippen molar-refractivity contribution < 1.29 is 54.0 Å². The zero-order valence-corrected chi connectivity index (χ0v) is 19.1. The fourth-order valence-electron chi connectivity index (χ4n) is 2.40. The van der Waals surface area contributed by atoms with Gasteiger partial charge in [-0.25, -0.2) is 0 Å². The molecule has 125 valence electrons. The average molecular weight is 515 g/mol. The Balaban J connectivity index is 0. The van der Waals surface area contributed by atoms with E-state index in [4.69, 9.17) is 0 Å². The molecule has 2 rings (SSSR count). The molecule has 4 heteroatoms. The molecule has 0 amide bonds. The monoisotopic (exact) mass is 516 g/mol. The summed E-state index contributed by atoms with van der Waals surface area (Å²) in [4.78, 5) is 0. The maximum Gasteiger partial charge on any atom is 1.00 e. The Bertz CT molecular complexity index is 404. The van der Waals surface area contributed by atoms with Crippen LogP contribution in [0.5, 0.6) is 0 Å². The first kappa shape index (κ1) is 24.5. The first-order valence-corrected chi connectivity index (χ1v) is 11.6. The Morgan fingerprint density at radius 2 is 0.591 bits per heavy atom. The molecule has 1 radical (unpaired) electrons. The van der Waals surface area contributed by atoms with Gasteiger partial charge in [-0.05, 0) is 41.5 Å². The molecule has 0 bridgehead atoms. The summed E-state index contributed by atoms with van der Waals surface area (Å²) in [7, 11) is 8.60. The van der Waals surface area contributed by atoms with Crippen molar-refractivity contribution in [3.05, 3.63) is 69.8 Å². The molecule has 0 unspecified atom stereocenters. The van der Waals surface area contributed by atoms with Crippen molar-refractivity contribution >= 4 is 0 Å². The molecule has 0 aliphatic carbocycles. The van der Waals surface area contributed by atoms with E-state index in [0.717, 1.165) is 0 Å². The average Bonchev–Trinajstić information content (AvgIpc) is 2.26. The first-order chi connectivity index (χ1) is 9.78. The van der Waals surface area contributed by atoms with E-state index in [1.54, 1.807) is 0 Å². The smallest absolute Gasteiger partial charge is 1.00 e. The van der Waals surface area contributed by atoms with Crippen LogP contribution in [0.3, 0.4) is 0 Å². The SMILES string of the molecule is Cc1cc(C)cc(C)c1.Cc1cc(C)cc(C)c1.[ClH+][Ru][ClH+].[Ru+]. The van der Waals surface area contributed by atoms with Gasteiger partial charge in [-0.3, -0.25) is 0 Å². The molecule has 0 saturated heterocycles. The van der Waals surface area contributed by atoms with Crippen LogP contribution >= 0.6 is 0 Å². The summed E-state index contributed by atoms with van der Waals surface area (Å²) in [6.45, 7) is 12.8. The molecule has 0 spiro atoms. The molecular formula is C18H26Cl2Ru2+3. The fraction of sp³-hybridized carbons (Fsp3) is 0.333. The van der Waals surface area contributed by atoms with Gasteiger partial charge in [0.05, 0.1) is 0 Å². The Kier molecular flexibility index (Phi) is 15.2. The summed E-state index contributed by atoms with van der Waals surface area (Å²) in [5, 5.41) is 0. The van der Waals surface area contributed by atoms with Gasteiger partial charge in [-0.2, -0.15) is 0 Å². The van der Waals surface area contributed by atoms with Gasteiger partial charge in [0, 0.05) is 0 Å². The Labute approximate surface area is 164 Å². The minimum absolute atomic E-state index is 0. The van der Waals surface area contributed by atoms with Gasteiger partial charge in [0.15, 0.2) is 0 Å². The van der Waals surface area contributed by atoms with E-state index in [1.807, 2.05) is 0 Å². The van der Waals surface area contributed by atoms with Crippen LogP contribution in [0.1, 0.15) is 33.4 Å². The van der Waals surface area contributed by atoms with Gasteiger partial charge in [0.2, 0.25) is 0 Å². The van der Waals surface area contributed by atoms with Gasteiger partial charge in [-0.1, -0.05) is 69.8 Å². The van der Waals surface area contributed by atoms with Crippen molar-refractivity contribution in [2.45, 2.75) is 41.5 Å². The Hall–Kier alpha value is 0.267. The molecule has 22 heavy (non-hydrogen) atoms. The normalized spacial score (nSPS) is 8.91. The second-order valence-electron chi connectivity index (χ2n) is 5.39. The largest absolute Gasteiger partial charge is 1.00 e. The standard InChI is InChI=1S/2C9H12.2ClH.2Ru/c2*1-7-4-8(2)6-9(3)5-7;;;;/h2*4-6H,1-3H3;2*1H;;/q;;;;+1;+2. The quantitative estimate of drug-likeness (QED) is 0.447. The molecule has 0 nitrogen and oxygen atoms in total. The third-order valence-electron chi connectivity index (χ3n) is 2.73.